The molecule has 23 heavy (non-hydrogen) atoms. The second kappa shape index (κ2) is 6.60. The number of ether oxygens (including phenoxy) is 1. The van der Waals surface area contributed by atoms with Crippen LogP contribution in [0.1, 0.15) is 35.7 Å². The lowest BCUT2D eigenvalue weighted by Crippen LogP contribution is -2.04. The number of carbonyl (C=O) groups is 2. The second-order valence-corrected chi connectivity index (χ2v) is 5.30. The van der Waals surface area contributed by atoms with Gasteiger partial charge in [-0.2, -0.15) is 0 Å². The Bertz CT molecular complexity index is 808. The molecule has 0 aliphatic carbocycles. The predicted octanol–water partition coefficient (Wildman–Crippen LogP) is 4.07. The number of carbonyl (C=O) groups excluding carboxylic acids is 1. The molecule has 0 atom stereocenters. The number of benzene rings is 2. The number of rotatable bonds is 6. The molecule has 0 fully saturated rings. The van der Waals surface area contributed by atoms with E-state index in [1.54, 1.807) is 19.1 Å². The Morgan fingerprint density at radius 3 is 2.52 bits per heavy atom. The molecular formula is C18H17FO4. The van der Waals surface area contributed by atoms with E-state index in [0.29, 0.717) is 33.2 Å². The van der Waals surface area contributed by atoms with Gasteiger partial charge in [0.15, 0.2) is 5.78 Å². The van der Waals surface area contributed by atoms with Gasteiger partial charge in [0.2, 0.25) is 0 Å². The van der Waals surface area contributed by atoms with Crippen LogP contribution in [0.4, 0.5) is 4.39 Å². The first-order valence-corrected chi connectivity index (χ1v) is 7.06. The van der Waals surface area contributed by atoms with Crippen LogP contribution in [-0.2, 0) is 4.79 Å². The number of carboxylic acid groups (broad SMARTS) is 1. The van der Waals surface area contributed by atoms with Crippen molar-refractivity contribution in [2.24, 2.45) is 0 Å². The van der Waals surface area contributed by atoms with E-state index in [4.69, 9.17) is 9.84 Å². The molecule has 4 nitrogen and oxygen atoms in total. The number of ketones is 1. The van der Waals surface area contributed by atoms with Gasteiger partial charge in [0, 0.05) is 17.4 Å². The van der Waals surface area contributed by atoms with Gasteiger partial charge in [0.1, 0.15) is 11.6 Å². The molecule has 1 N–H and O–H groups in total. The number of methoxy groups -OCH3 is 1. The first-order chi connectivity index (χ1) is 10.8. The van der Waals surface area contributed by atoms with Crippen LogP contribution in [-0.4, -0.2) is 24.0 Å². The van der Waals surface area contributed by atoms with E-state index in [1.807, 2.05) is 0 Å². The third kappa shape index (κ3) is 3.39. The molecule has 0 aliphatic heterocycles. The van der Waals surface area contributed by atoms with Crippen molar-refractivity contribution in [3.05, 3.63) is 47.8 Å². The van der Waals surface area contributed by atoms with Crippen molar-refractivity contribution in [3.8, 4) is 5.75 Å². The quantitative estimate of drug-likeness (QED) is 0.816. The van der Waals surface area contributed by atoms with E-state index in [9.17, 15) is 14.0 Å². The Hall–Kier alpha value is -2.69. The van der Waals surface area contributed by atoms with Crippen molar-refractivity contribution in [2.45, 2.75) is 19.8 Å². The van der Waals surface area contributed by atoms with Crippen LogP contribution >= 0.6 is 0 Å². The minimum absolute atomic E-state index is 0.0929. The largest absolute Gasteiger partial charge is 0.496 e. The summed E-state index contributed by atoms with van der Waals surface area (Å²) in [5.41, 5.74) is 1.20. The predicted molar refractivity (Wildman–Crippen MR) is 86.4 cm³/mol. The smallest absolute Gasteiger partial charge is 0.303 e. The number of carboxylic acids is 1. The highest BCUT2D eigenvalue weighted by Crippen LogP contribution is 2.34. The van der Waals surface area contributed by atoms with E-state index < -0.39 is 11.8 Å². The fraction of sp³-hybridized carbons (Fsp3) is 0.222. The van der Waals surface area contributed by atoms with Crippen LogP contribution in [0.2, 0.25) is 0 Å². The molecule has 0 heterocycles. The third-order valence-corrected chi connectivity index (χ3v) is 3.58. The summed E-state index contributed by atoms with van der Waals surface area (Å²) in [6.07, 6.45) is -0.326. The number of fused-ring (bicyclic) bond motifs is 1. The zero-order chi connectivity index (χ0) is 17.1. The van der Waals surface area contributed by atoms with Gasteiger partial charge < -0.3 is 9.84 Å². The minimum atomic E-state index is -1.03. The molecule has 0 radical (unpaired) electrons. The highest BCUT2D eigenvalue weighted by Gasteiger charge is 2.16. The van der Waals surface area contributed by atoms with Crippen molar-refractivity contribution in [1.82, 2.24) is 0 Å². The van der Waals surface area contributed by atoms with Crippen molar-refractivity contribution < 1.29 is 23.8 Å². The lowest BCUT2D eigenvalue weighted by Gasteiger charge is -2.13. The van der Waals surface area contributed by atoms with Gasteiger partial charge in [-0.05, 0) is 30.0 Å². The van der Waals surface area contributed by atoms with Crippen molar-refractivity contribution >= 4 is 28.1 Å². The first kappa shape index (κ1) is 16.7. The molecule has 0 saturated heterocycles. The van der Waals surface area contributed by atoms with Crippen LogP contribution in [0.15, 0.2) is 30.8 Å². The molecule has 5 heteroatoms. The second-order valence-electron chi connectivity index (χ2n) is 5.30. The van der Waals surface area contributed by atoms with Gasteiger partial charge in [0.25, 0.3) is 0 Å². The molecular weight excluding hydrogens is 299 g/mol. The summed E-state index contributed by atoms with van der Waals surface area (Å²) in [5.74, 6) is -1.43. The topological polar surface area (TPSA) is 63.6 Å². The fourth-order valence-electron chi connectivity index (χ4n) is 2.44. The maximum atomic E-state index is 14.7. The highest BCUT2D eigenvalue weighted by molar-refractivity contribution is 6.01. The number of aliphatic carboxylic acids is 1. The summed E-state index contributed by atoms with van der Waals surface area (Å²) < 4.78 is 19.9. The molecule has 0 spiro atoms. The van der Waals surface area contributed by atoms with Gasteiger partial charge in [0.05, 0.1) is 19.1 Å². The number of allylic oxidation sites excluding steroid dienone is 1. The lowest BCUT2D eigenvalue weighted by atomic mass is 9.97. The van der Waals surface area contributed by atoms with Gasteiger partial charge in [-0.1, -0.05) is 18.7 Å². The summed E-state index contributed by atoms with van der Waals surface area (Å²) in [6.45, 7) is 5.45. The minimum Gasteiger partial charge on any atom is -0.496 e. The Morgan fingerprint density at radius 2 is 1.96 bits per heavy atom. The molecule has 0 unspecified atom stereocenters. The normalized spacial score (nSPS) is 10.6. The van der Waals surface area contributed by atoms with Crippen LogP contribution in [0.5, 0.6) is 5.75 Å². The average molecular weight is 316 g/mol. The van der Waals surface area contributed by atoms with Gasteiger partial charge >= 0.3 is 5.97 Å². The number of halogens is 1. The zero-order valence-electron chi connectivity index (χ0n) is 13.0. The first-order valence-electron chi connectivity index (χ1n) is 7.06. The van der Waals surface area contributed by atoms with Crippen LogP contribution < -0.4 is 4.74 Å². The Balaban J connectivity index is 2.52. The summed E-state index contributed by atoms with van der Waals surface area (Å²) in [4.78, 5) is 22.6. The summed E-state index contributed by atoms with van der Waals surface area (Å²) in [5, 5.41) is 9.52. The SMILES string of the molecule is C=C(C)c1c(OC)cc2cc(C(=O)CCC(=O)O)ccc2c1F. The third-order valence-electron chi connectivity index (χ3n) is 3.58. The van der Waals surface area contributed by atoms with Crippen molar-refractivity contribution in [1.29, 1.82) is 0 Å². The maximum absolute atomic E-state index is 14.7. The van der Waals surface area contributed by atoms with E-state index >= 15 is 0 Å². The molecule has 2 aromatic carbocycles. The Kier molecular flexibility index (Phi) is 4.79. The molecule has 0 amide bonds. The van der Waals surface area contributed by atoms with Gasteiger partial charge in [-0.15, -0.1) is 0 Å². The van der Waals surface area contributed by atoms with Crippen molar-refractivity contribution in [2.75, 3.05) is 7.11 Å². The molecule has 0 bridgehead atoms. The molecule has 2 rings (SSSR count). The number of Topliss-reactive ketones (excluding diaryl/α,β-unsaturated/α-hetero) is 1. The van der Waals surface area contributed by atoms with E-state index in [2.05, 4.69) is 6.58 Å². The Morgan fingerprint density at radius 1 is 1.26 bits per heavy atom. The molecule has 2 aromatic rings. The van der Waals surface area contributed by atoms with Crippen LogP contribution in [0.25, 0.3) is 16.3 Å². The Labute approximate surface area is 133 Å². The van der Waals surface area contributed by atoms with Crippen LogP contribution in [0.3, 0.4) is 0 Å². The fourth-order valence-corrected chi connectivity index (χ4v) is 2.44. The zero-order valence-corrected chi connectivity index (χ0v) is 13.0. The summed E-state index contributed by atoms with van der Waals surface area (Å²) in [6, 6.07) is 6.22. The summed E-state index contributed by atoms with van der Waals surface area (Å²) >= 11 is 0. The average Bonchev–Trinajstić information content (AvgIpc) is 2.51. The molecule has 0 saturated carbocycles. The van der Waals surface area contributed by atoms with E-state index in [0.717, 1.165) is 0 Å². The monoisotopic (exact) mass is 316 g/mol. The summed E-state index contributed by atoms with van der Waals surface area (Å²) in [7, 11) is 1.44. The molecule has 120 valence electrons. The molecule has 0 aromatic heterocycles. The van der Waals surface area contributed by atoms with Gasteiger partial charge in [-0.3, -0.25) is 9.59 Å². The van der Waals surface area contributed by atoms with E-state index in [1.165, 1.54) is 19.2 Å². The number of hydrogen-bond donors (Lipinski definition) is 1. The standard InChI is InChI=1S/C18H17FO4/c1-10(2)17-15(23-3)9-12-8-11(4-5-13(12)18(17)19)14(20)6-7-16(21)22/h4-5,8-9H,1,6-7H2,2-3H3,(H,21,22). The van der Waals surface area contributed by atoms with Crippen molar-refractivity contribution in [3.63, 3.8) is 0 Å². The van der Waals surface area contributed by atoms with Crippen LogP contribution in [0, 0.1) is 5.82 Å². The maximum Gasteiger partial charge on any atom is 0.303 e. The molecule has 0 aliphatic rings. The number of hydrogen-bond acceptors (Lipinski definition) is 3. The van der Waals surface area contributed by atoms with E-state index in [-0.39, 0.29) is 18.6 Å². The van der Waals surface area contributed by atoms with Gasteiger partial charge in [-0.25, -0.2) is 4.39 Å². The highest BCUT2D eigenvalue weighted by atomic mass is 19.1. The lowest BCUT2D eigenvalue weighted by molar-refractivity contribution is -0.136.